The summed E-state index contributed by atoms with van der Waals surface area (Å²) in [4.78, 5) is 10.5. The highest BCUT2D eigenvalue weighted by atomic mass is 16.4. The highest BCUT2D eigenvalue weighted by molar-refractivity contribution is 5.67. The Bertz CT molecular complexity index is 212. The minimum Gasteiger partial charge on any atom is -0.481 e. The summed E-state index contributed by atoms with van der Waals surface area (Å²) in [6, 6.07) is -0.163. The van der Waals surface area contributed by atoms with Crippen molar-refractivity contribution in [1.82, 2.24) is 0 Å². The standard InChI is InChI=1S/C13H25NO2/c1-10(11-5-3-2-4-6-11)7-8-12(14)9-13(15)16/h10-12H,2-9,14H2,1H3,(H,15,16)/t10-,12+/m1/s1. The van der Waals surface area contributed by atoms with Crippen LogP contribution in [0.2, 0.25) is 0 Å². The molecule has 3 nitrogen and oxygen atoms in total. The van der Waals surface area contributed by atoms with Gasteiger partial charge in [0, 0.05) is 6.04 Å². The minimum absolute atomic E-state index is 0.109. The van der Waals surface area contributed by atoms with E-state index < -0.39 is 5.97 Å². The lowest BCUT2D eigenvalue weighted by molar-refractivity contribution is -0.137. The van der Waals surface area contributed by atoms with Crippen molar-refractivity contribution in [2.75, 3.05) is 0 Å². The lowest BCUT2D eigenvalue weighted by Crippen LogP contribution is -2.25. The monoisotopic (exact) mass is 227 g/mol. The number of hydrogen-bond donors (Lipinski definition) is 2. The highest BCUT2D eigenvalue weighted by Crippen LogP contribution is 2.32. The SMILES string of the molecule is C[C@H](CC[C@H](N)CC(=O)O)C1CCCCC1. The number of hydrogen-bond acceptors (Lipinski definition) is 2. The number of rotatable bonds is 6. The van der Waals surface area contributed by atoms with E-state index in [1.807, 2.05) is 0 Å². The fourth-order valence-electron chi connectivity index (χ4n) is 2.74. The van der Waals surface area contributed by atoms with Gasteiger partial charge in [0.2, 0.25) is 0 Å². The van der Waals surface area contributed by atoms with Crippen LogP contribution in [-0.2, 0) is 4.79 Å². The Morgan fingerprint density at radius 2 is 1.94 bits per heavy atom. The zero-order chi connectivity index (χ0) is 12.0. The van der Waals surface area contributed by atoms with E-state index in [0.717, 1.165) is 18.8 Å². The largest absolute Gasteiger partial charge is 0.481 e. The zero-order valence-corrected chi connectivity index (χ0v) is 10.3. The molecular weight excluding hydrogens is 202 g/mol. The van der Waals surface area contributed by atoms with E-state index in [9.17, 15) is 4.79 Å². The van der Waals surface area contributed by atoms with Gasteiger partial charge in [-0.2, -0.15) is 0 Å². The van der Waals surface area contributed by atoms with Crippen molar-refractivity contribution in [1.29, 1.82) is 0 Å². The molecule has 16 heavy (non-hydrogen) atoms. The van der Waals surface area contributed by atoms with Crippen molar-refractivity contribution in [2.45, 2.75) is 64.3 Å². The molecule has 1 aliphatic rings. The van der Waals surface area contributed by atoms with Crippen molar-refractivity contribution >= 4 is 5.97 Å². The van der Waals surface area contributed by atoms with E-state index >= 15 is 0 Å². The molecule has 94 valence electrons. The number of carboxylic acids is 1. The molecule has 0 aromatic heterocycles. The molecule has 0 aromatic carbocycles. The molecule has 0 radical (unpaired) electrons. The third-order valence-corrected chi connectivity index (χ3v) is 3.88. The molecule has 0 amide bonds. The lowest BCUT2D eigenvalue weighted by Gasteiger charge is -2.28. The summed E-state index contributed by atoms with van der Waals surface area (Å²) in [7, 11) is 0. The second-order valence-electron chi connectivity index (χ2n) is 5.31. The van der Waals surface area contributed by atoms with Gasteiger partial charge in [-0.3, -0.25) is 4.79 Å². The van der Waals surface area contributed by atoms with Gasteiger partial charge >= 0.3 is 5.97 Å². The molecule has 3 heteroatoms. The lowest BCUT2D eigenvalue weighted by atomic mass is 9.78. The van der Waals surface area contributed by atoms with Crippen molar-refractivity contribution in [3.05, 3.63) is 0 Å². The van der Waals surface area contributed by atoms with Gasteiger partial charge < -0.3 is 10.8 Å². The van der Waals surface area contributed by atoms with Gasteiger partial charge in [-0.15, -0.1) is 0 Å². The van der Waals surface area contributed by atoms with Crippen LogP contribution >= 0.6 is 0 Å². The van der Waals surface area contributed by atoms with Crippen molar-refractivity contribution < 1.29 is 9.90 Å². The first-order chi connectivity index (χ1) is 7.59. The molecule has 0 heterocycles. The van der Waals surface area contributed by atoms with E-state index in [1.165, 1.54) is 32.1 Å². The molecule has 0 aromatic rings. The van der Waals surface area contributed by atoms with Crippen molar-refractivity contribution in [3.63, 3.8) is 0 Å². The Labute approximate surface area is 98.4 Å². The summed E-state index contributed by atoms with van der Waals surface area (Å²) >= 11 is 0. The predicted molar refractivity (Wildman–Crippen MR) is 65.2 cm³/mol. The van der Waals surface area contributed by atoms with Crippen molar-refractivity contribution in [3.8, 4) is 0 Å². The van der Waals surface area contributed by atoms with Crippen LogP contribution in [0.15, 0.2) is 0 Å². The Kier molecular flexibility index (Phi) is 5.81. The molecule has 1 rings (SSSR count). The summed E-state index contributed by atoms with van der Waals surface area (Å²) in [6.45, 7) is 2.30. The molecular formula is C13H25NO2. The van der Waals surface area contributed by atoms with Crippen LogP contribution in [0.1, 0.15) is 58.3 Å². The maximum absolute atomic E-state index is 10.5. The Balaban J connectivity index is 2.17. The first-order valence-electron chi connectivity index (χ1n) is 6.57. The van der Waals surface area contributed by atoms with Crippen LogP contribution in [0, 0.1) is 11.8 Å². The molecule has 3 N–H and O–H groups in total. The summed E-state index contributed by atoms with van der Waals surface area (Å²) in [5.41, 5.74) is 5.77. The van der Waals surface area contributed by atoms with Gasteiger partial charge in [0.25, 0.3) is 0 Å². The summed E-state index contributed by atoms with van der Waals surface area (Å²) in [5.74, 6) is 0.781. The number of carbonyl (C=O) groups is 1. The van der Waals surface area contributed by atoms with Gasteiger partial charge in [-0.05, 0) is 24.7 Å². The molecule has 1 aliphatic carbocycles. The molecule has 0 spiro atoms. The summed E-state index contributed by atoms with van der Waals surface area (Å²) in [5, 5.41) is 8.62. The van der Waals surface area contributed by atoms with E-state index in [2.05, 4.69) is 6.92 Å². The average Bonchev–Trinajstić information content (AvgIpc) is 2.26. The molecule has 1 fully saturated rings. The van der Waals surface area contributed by atoms with E-state index in [0.29, 0.717) is 5.92 Å². The number of aliphatic carboxylic acids is 1. The average molecular weight is 227 g/mol. The first-order valence-corrected chi connectivity index (χ1v) is 6.57. The Morgan fingerprint density at radius 3 is 2.50 bits per heavy atom. The van der Waals surface area contributed by atoms with E-state index in [1.54, 1.807) is 0 Å². The fourth-order valence-corrected chi connectivity index (χ4v) is 2.74. The maximum Gasteiger partial charge on any atom is 0.304 e. The smallest absolute Gasteiger partial charge is 0.304 e. The van der Waals surface area contributed by atoms with Crippen LogP contribution in [0.4, 0.5) is 0 Å². The maximum atomic E-state index is 10.5. The fraction of sp³-hybridized carbons (Fsp3) is 0.923. The van der Waals surface area contributed by atoms with Gasteiger partial charge in [-0.1, -0.05) is 39.0 Å². The number of carboxylic acid groups (broad SMARTS) is 1. The third-order valence-electron chi connectivity index (χ3n) is 3.88. The molecule has 1 saturated carbocycles. The molecule has 0 aliphatic heterocycles. The van der Waals surface area contributed by atoms with Gasteiger partial charge in [0.1, 0.15) is 0 Å². The molecule has 2 atom stereocenters. The van der Waals surface area contributed by atoms with Gasteiger partial charge in [0.15, 0.2) is 0 Å². The summed E-state index contributed by atoms with van der Waals surface area (Å²) < 4.78 is 0. The Morgan fingerprint density at radius 1 is 1.31 bits per heavy atom. The quantitative estimate of drug-likeness (QED) is 0.733. The second kappa shape index (κ2) is 6.89. The minimum atomic E-state index is -0.780. The van der Waals surface area contributed by atoms with E-state index in [4.69, 9.17) is 10.8 Å². The first kappa shape index (κ1) is 13.5. The van der Waals surface area contributed by atoms with Gasteiger partial charge in [-0.25, -0.2) is 0 Å². The Hall–Kier alpha value is -0.570. The normalized spacial score (nSPS) is 21.6. The molecule has 0 saturated heterocycles. The van der Waals surface area contributed by atoms with Crippen LogP contribution in [0.5, 0.6) is 0 Å². The molecule has 0 unspecified atom stereocenters. The zero-order valence-electron chi connectivity index (χ0n) is 10.3. The second-order valence-corrected chi connectivity index (χ2v) is 5.31. The highest BCUT2D eigenvalue weighted by Gasteiger charge is 2.20. The van der Waals surface area contributed by atoms with Crippen LogP contribution in [-0.4, -0.2) is 17.1 Å². The van der Waals surface area contributed by atoms with Crippen LogP contribution < -0.4 is 5.73 Å². The topological polar surface area (TPSA) is 63.3 Å². The van der Waals surface area contributed by atoms with Gasteiger partial charge in [0.05, 0.1) is 6.42 Å². The summed E-state index contributed by atoms with van der Waals surface area (Å²) in [6.07, 6.45) is 8.89. The van der Waals surface area contributed by atoms with E-state index in [-0.39, 0.29) is 12.5 Å². The third kappa shape index (κ3) is 4.97. The predicted octanol–water partition coefficient (Wildman–Crippen LogP) is 2.79. The van der Waals surface area contributed by atoms with Crippen molar-refractivity contribution in [2.24, 2.45) is 17.6 Å². The number of nitrogens with two attached hydrogens (primary N) is 1. The molecule has 0 bridgehead atoms. The van der Waals surface area contributed by atoms with Crippen LogP contribution in [0.25, 0.3) is 0 Å². The van der Waals surface area contributed by atoms with Crippen LogP contribution in [0.3, 0.4) is 0 Å².